The van der Waals surface area contributed by atoms with Crippen LogP contribution in [0.1, 0.15) is 30.9 Å². The SMILES string of the molecule is CCOC1CCN(Cc2ccc(F)c(C#CCN)c2)CC1. The van der Waals surface area contributed by atoms with Crippen LogP contribution in [-0.4, -0.2) is 37.2 Å². The minimum absolute atomic E-state index is 0.245. The molecule has 21 heavy (non-hydrogen) atoms. The number of benzene rings is 1. The van der Waals surface area contributed by atoms with E-state index in [1.807, 2.05) is 19.1 Å². The fourth-order valence-electron chi connectivity index (χ4n) is 2.64. The summed E-state index contributed by atoms with van der Waals surface area (Å²) < 4.78 is 19.3. The summed E-state index contributed by atoms with van der Waals surface area (Å²) in [5.74, 6) is 5.21. The van der Waals surface area contributed by atoms with Crippen molar-refractivity contribution in [2.24, 2.45) is 5.73 Å². The van der Waals surface area contributed by atoms with E-state index < -0.39 is 0 Å². The summed E-state index contributed by atoms with van der Waals surface area (Å²) in [7, 11) is 0. The van der Waals surface area contributed by atoms with Crippen LogP contribution in [0.15, 0.2) is 18.2 Å². The molecule has 1 heterocycles. The number of rotatable bonds is 4. The highest BCUT2D eigenvalue weighted by Gasteiger charge is 2.19. The Labute approximate surface area is 126 Å². The van der Waals surface area contributed by atoms with Crippen LogP contribution in [0.3, 0.4) is 0 Å². The van der Waals surface area contributed by atoms with Crippen molar-refractivity contribution in [1.29, 1.82) is 0 Å². The molecule has 3 nitrogen and oxygen atoms in total. The summed E-state index contributed by atoms with van der Waals surface area (Å²) in [6, 6.07) is 5.15. The predicted octanol–water partition coefficient (Wildman–Crippen LogP) is 2.14. The first-order valence-corrected chi connectivity index (χ1v) is 7.54. The molecule has 0 bridgehead atoms. The molecule has 2 rings (SSSR count). The Hall–Kier alpha value is -1.41. The van der Waals surface area contributed by atoms with Crippen LogP contribution < -0.4 is 5.73 Å². The number of ether oxygens (including phenoxy) is 1. The van der Waals surface area contributed by atoms with Gasteiger partial charge in [0.2, 0.25) is 0 Å². The molecule has 114 valence electrons. The molecule has 0 atom stereocenters. The molecule has 0 radical (unpaired) electrons. The van der Waals surface area contributed by atoms with Gasteiger partial charge in [0.05, 0.1) is 18.2 Å². The molecular weight excluding hydrogens is 267 g/mol. The van der Waals surface area contributed by atoms with Crippen LogP contribution in [0.2, 0.25) is 0 Å². The number of nitrogens with two attached hydrogens (primary N) is 1. The molecule has 1 aliphatic heterocycles. The second-order valence-corrected chi connectivity index (χ2v) is 5.25. The van der Waals surface area contributed by atoms with Crippen molar-refractivity contribution >= 4 is 0 Å². The first kappa shape index (κ1) is 16.0. The Balaban J connectivity index is 1.94. The lowest BCUT2D eigenvalue weighted by Gasteiger charge is -2.31. The maximum atomic E-state index is 13.6. The molecule has 1 aliphatic rings. The predicted molar refractivity (Wildman–Crippen MR) is 82.3 cm³/mol. The Morgan fingerprint density at radius 3 is 2.81 bits per heavy atom. The molecule has 0 aliphatic carbocycles. The molecule has 0 spiro atoms. The highest BCUT2D eigenvalue weighted by atomic mass is 19.1. The van der Waals surface area contributed by atoms with E-state index >= 15 is 0 Å². The zero-order valence-electron chi connectivity index (χ0n) is 12.6. The van der Waals surface area contributed by atoms with Crippen molar-refractivity contribution in [3.63, 3.8) is 0 Å². The second-order valence-electron chi connectivity index (χ2n) is 5.25. The topological polar surface area (TPSA) is 38.5 Å². The summed E-state index contributed by atoms with van der Waals surface area (Å²) >= 11 is 0. The maximum absolute atomic E-state index is 13.6. The van der Waals surface area contributed by atoms with Crippen molar-refractivity contribution < 1.29 is 9.13 Å². The van der Waals surface area contributed by atoms with E-state index in [0.29, 0.717) is 11.7 Å². The molecule has 4 heteroatoms. The van der Waals surface area contributed by atoms with Gasteiger partial charge < -0.3 is 10.5 Å². The number of hydrogen-bond acceptors (Lipinski definition) is 3. The lowest BCUT2D eigenvalue weighted by atomic mass is 10.1. The van der Waals surface area contributed by atoms with Gasteiger partial charge in [-0.1, -0.05) is 17.9 Å². The van der Waals surface area contributed by atoms with Crippen LogP contribution in [0.25, 0.3) is 0 Å². The first-order valence-electron chi connectivity index (χ1n) is 7.54. The first-order chi connectivity index (χ1) is 10.2. The Morgan fingerprint density at radius 2 is 2.14 bits per heavy atom. The van der Waals surface area contributed by atoms with Gasteiger partial charge in [0, 0.05) is 26.2 Å². The molecule has 1 aromatic rings. The standard InChI is InChI=1S/C17H23FN2O/c1-2-21-16-7-10-20(11-8-16)13-14-5-6-17(18)15(12-14)4-3-9-19/h5-6,12,16H,2,7-11,13,19H2,1H3. The van der Waals surface area contributed by atoms with Gasteiger partial charge in [0.1, 0.15) is 5.82 Å². The third kappa shape index (κ3) is 4.82. The van der Waals surface area contributed by atoms with Gasteiger partial charge in [-0.2, -0.15) is 0 Å². The number of halogens is 1. The van der Waals surface area contributed by atoms with Crippen molar-refractivity contribution in [2.45, 2.75) is 32.4 Å². The zero-order chi connectivity index (χ0) is 15.1. The van der Waals surface area contributed by atoms with E-state index in [1.165, 1.54) is 6.07 Å². The molecule has 2 N–H and O–H groups in total. The van der Waals surface area contributed by atoms with Crippen molar-refractivity contribution in [1.82, 2.24) is 4.90 Å². The van der Waals surface area contributed by atoms with E-state index in [0.717, 1.165) is 44.6 Å². The molecule has 0 amide bonds. The number of nitrogens with zero attached hydrogens (tertiary/aromatic N) is 1. The summed E-state index contributed by atoms with van der Waals surface area (Å²) in [5.41, 5.74) is 6.86. The third-order valence-electron chi connectivity index (χ3n) is 3.70. The third-order valence-corrected chi connectivity index (χ3v) is 3.70. The summed E-state index contributed by atoms with van der Waals surface area (Å²) in [6.45, 7) is 5.93. The van der Waals surface area contributed by atoms with Crippen LogP contribution in [0, 0.1) is 17.7 Å². The van der Waals surface area contributed by atoms with Crippen molar-refractivity contribution in [3.05, 3.63) is 35.1 Å². The lowest BCUT2D eigenvalue weighted by Crippen LogP contribution is -2.36. The minimum Gasteiger partial charge on any atom is -0.378 e. The largest absolute Gasteiger partial charge is 0.378 e. The molecule has 1 fully saturated rings. The zero-order valence-corrected chi connectivity index (χ0v) is 12.6. The van der Waals surface area contributed by atoms with Gasteiger partial charge in [-0.3, -0.25) is 4.90 Å². The van der Waals surface area contributed by atoms with E-state index in [4.69, 9.17) is 10.5 Å². The lowest BCUT2D eigenvalue weighted by molar-refractivity contribution is 0.0125. The summed E-state index contributed by atoms with van der Waals surface area (Å²) in [5, 5.41) is 0. The van der Waals surface area contributed by atoms with E-state index in [9.17, 15) is 4.39 Å². The van der Waals surface area contributed by atoms with Crippen molar-refractivity contribution in [2.75, 3.05) is 26.2 Å². The maximum Gasteiger partial charge on any atom is 0.138 e. The van der Waals surface area contributed by atoms with Crippen LogP contribution in [0.5, 0.6) is 0 Å². The van der Waals surface area contributed by atoms with Gasteiger partial charge >= 0.3 is 0 Å². The van der Waals surface area contributed by atoms with E-state index in [2.05, 4.69) is 16.7 Å². The van der Waals surface area contributed by atoms with Crippen LogP contribution in [-0.2, 0) is 11.3 Å². The second kappa shape index (κ2) is 8.14. The monoisotopic (exact) mass is 290 g/mol. The molecular formula is C17H23FN2O. The van der Waals surface area contributed by atoms with Gasteiger partial charge in [-0.15, -0.1) is 0 Å². The van der Waals surface area contributed by atoms with Gasteiger partial charge in [0.25, 0.3) is 0 Å². The normalized spacial score (nSPS) is 16.5. The quantitative estimate of drug-likeness (QED) is 0.864. The molecule has 0 unspecified atom stereocenters. The Morgan fingerprint density at radius 1 is 1.38 bits per heavy atom. The molecule has 0 saturated carbocycles. The van der Waals surface area contributed by atoms with Crippen LogP contribution >= 0.6 is 0 Å². The fourth-order valence-corrected chi connectivity index (χ4v) is 2.64. The molecule has 0 aromatic heterocycles. The average molecular weight is 290 g/mol. The number of likely N-dealkylation sites (tertiary alicyclic amines) is 1. The fraction of sp³-hybridized carbons (Fsp3) is 0.529. The summed E-state index contributed by atoms with van der Waals surface area (Å²) in [4.78, 5) is 2.38. The highest BCUT2D eigenvalue weighted by molar-refractivity contribution is 5.38. The molecule has 1 aromatic carbocycles. The van der Waals surface area contributed by atoms with Crippen LogP contribution in [0.4, 0.5) is 4.39 Å². The van der Waals surface area contributed by atoms with Gasteiger partial charge in [-0.05, 0) is 37.5 Å². The highest BCUT2D eigenvalue weighted by Crippen LogP contribution is 2.17. The van der Waals surface area contributed by atoms with Crippen molar-refractivity contribution in [3.8, 4) is 11.8 Å². The van der Waals surface area contributed by atoms with E-state index in [-0.39, 0.29) is 12.4 Å². The smallest absolute Gasteiger partial charge is 0.138 e. The Bertz CT molecular complexity index is 513. The molecule has 1 saturated heterocycles. The Kier molecular flexibility index (Phi) is 6.19. The number of hydrogen-bond donors (Lipinski definition) is 1. The van der Waals surface area contributed by atoms with E-state index in [1.54, 1.807) is 0 Å². The minimum atomic E-state index is -0.283. The van der Waals surface area contributed by atoms with Gasteiger partial charge in [-0.25, -0.2) is 4.39 Å². The van der Waals surface area contributed by atoms with Gasteiger partial charge in [0.15, 0.2) is 0 Å². The number of piperidine rings is 1. The summed E-state index contributed by atoms with van der Waals surface area (Å²) in [6.07, 6.45) is 2.52. The average Bonchev–Trinajstić information content (AvgIpc) is 2.50.